The van der Waals surface area contributed by atoms with Crippen LogP contribution in [0.5, 0.6) is 17.2 Å². The third-order valence-corrected chi connectivity index (χ3v) is 6.06. The maximum Gasteiger partial charge on any atom is 0.325 e. The van der Waals surface area contributed by atoms with Gasteiger partial charge < -0.3 is 20.1 Å². The summed E-state index contributed by atoms with van der Waals surface area (Å²) in [4.78, 5) is 39.5. The Hall–Kier alpha value is -4.33. The number of benzene rings is 3. The molecule has 36 heavy (non-hydrogen) atoms. The number of nitrogens with zero attached hydrogens (tertiary/aromatic N) is 1. The lowest BCUT2D eigenvalue weighted by molar-refractivity contribution is -0.134. The van der Waals surface area contributed by atoms with E-state index >= 15 is 0 Å². The smallest absolute Gasteiger partial charge is 0.325 e. The van der Waals surface area contributed by atoms with Crippen LogP contribution in [0, 0.1) is 6.92 Å². The fraction of sp³-hybridized carbons (Fsp3) is 0.250. The molecule has 0 radical (unpaired) electrons. The largest absolute Gasteiger partial charge is 0.494 e. The molecular weight excluding hydrogens is 458 g/mol. The zero-order valence-corrected chi connectivity index (χ0v) is 20.5. The quantitative estimate of drug-likeness (QED) is 0.415. The number of carbonyl (C=O) groups excluding carboxylic acids is 3. The van der Waals surface area contributed by atoms with Crippen LogP contribution < -0.4 is 20.1 Å². The first-order valence-electron chi connectivity index (χ1n) is 11.9. The van der Waals surface area contributed by atoms with E-state index in [9.17, 15) is 14.4 Å². The Morgan fingerprint density at radius 2 is 1.47 bits per heavy atom. The lowest BCUT2D eigenvalue weighted by Gasteiger charge is -2.25. The standard InChI is InChI=1S/C28H29N3O5/c1-4-28(20-8-6-19(3)7-9-20)26(33)31(27(34)30-28)18-25(32)29-21-10-12-23(13-11-21)36-24-16-14-22(15-17-24)35-5-2/h6-17H,4-5,18H2,1-3H3,(H,29,32)(H,30,34)/t28-/m0/s1. The maximum atomic E-state index is 13.3. The van der Waals surface area contributed by atoms with Crippen LogP contribution in [0.25, 0.3) is 0 Å². The molecule has 4 amide bonds. The molecule has 1 aliphatic rings. The van der Waals surface area contributed by atoms with Gasteiger partial charge in [0.15, 0.2) is 0 Å². The molecule has 1 fully saturated rings. The first-order valence-corrected chi connectivity index (χ1v) is 11.9. The van der Waals surface area contributed by atoms with E-state index in [2.05, 4.69) is 10.6 Å². The summed E-state index contributed by atoms with van der Waals surface area (Å²) in [6.45, 7) is 5.91. The minimum absolute atomic E-state index is 0.370. The van der Waals surface area contributed by atoms with E-state index in [1.165, 1.54) is 0 Å². The van der Waals surface area contributed by atoms with Crippen LogP contribution >= 0.6 is 0 Å². The normalized spacial score (nSPS) is 17.0. The summed E-state index contributed by atoms with van der Waals surface area (Å²) >= 11 is 0. The summed E-state index contributed by atoms with van der Waals surface area (Å²) in [5.74, 6) is 1.10. The molecule has 0 aliphatic carbocycles. The Morgan fingerprint density at radius 1 is 0.889 bits per heavy atom. The Kier molecular flexibility index (Phi) is 7.24. The van der Waals surface area contributed by atoms with Crippen molar-refractivity contribution in [1.82, 2.24) is 10.2 Å². The lowest BCUT2D eigenvalue weighted by Crippen LogP contribution is -2.44. The Morgan fingerprint density at radius 3 is 2.06 bits per heavy atom. The number of urea groups is 1. The van der Waals surface area contributed by atoms with Gasteiger partial charge in [0.1, 0.15) is 29.3 Å². The number of carbonyl (C=O) groups is 3. The van der Waals surface area contributed by atoms with Crippen LogP contribution in [0.1, 0.15) is 31.4 Å². The summed E-state index contributed by atoms with van der Waals surface area (Å²) in [5.41, 5.74) is 1.09. The van der Waals surface area contributed by atoms with Crippen molar-refractivity contribution in [1.29, 1.82) is 0 Å². The number of amides is 4. The van der Waals surface area contributed by atoms with E-state index < -0.39 is 23.4 Å². The minimum atomic E-state index is -1.18. The summed E-state index contributed by atoms with van der Waals surface area (Å²) in [6, 6.07) is 21.0. The molecule has 0 unspecified atom stereocenters. The molecule has 4 rings (SSSR count). The van der Waals surface area contributed by atoms with Gasteiger partial charge in [-0.25, -0.2) is 4.79 Å². The van der Waals surface area contributed by atoms with Crippen LogP contribution in [0.2, 0.25) is 0 Å². The second-order valence-corrected chi connectivity index (χ2v) is 8.53. The number of anilines is 1. The second-order valence-electron chi connectivity index (χ2n) is 8.53. The molecule has 1 heterocycles. The number of nitrogens with one attached hydrogen (secondary N) is 2. The molecule has 1 atom stereocenters. The highest BCUT2D eigenvalue weighted by molar-refractivity contribution is 6.10. The van der Waals surface area contributed by atoms with Crippen molar-refractivity contribution in [2.24, 2.45) is 0 Å². The number of hydrogen-bond donors (Lipinski definition) is 2. The third-order valence-electron chi connectivity index (χ3n) is 6.06. The van der Waals surface area contributed by atoms with Crippen molar-refractivity contribution in [2.75, 3.05) is 18.5 Å². The number of aryl methyl sites for hydroxylation is 1. The number of hydrogen-bond acceptors (Lipinski definition) is 5. The SMILES string of the molecule is CCOc1ccc(Oc2ccc(NC(=O)CN3C(=O)N[C@@](CC)(c4ccc(C)cc4)C3=O)cc2)cc1. The van der Waals surface area contributed by atoms with E-state index in [0.29, 0.717) is 35.8 Å². The van der Waals surface area contributed by atoms with Crippen LogP contribution in [0.4, 0.5) is 10.5 Å². The Bertz CT molecular complexity index is 1240. The van der Waals surface area contributed by atoms with E-state index in [1.807, 2.05) is 69.3 Å². The predicted octanol–water partition coefficient (Wildman–Crippen LogP) is 4.98. The van der Waals surface area contributed by atoms with Crippen molar-refractivity contribution in [2.45, 2.75) is 32.7 Å². The van der Waals surface area contributed by atoms with Crippen molar-refractivity contribution >= 4 is 23.5 Å². The lowest BCUT2D eigenvalue weighted by atomic mass is 9.87. The van der Waals surface area contributed by atoms with Gasteiger partial charge in [0.25, 0.3) is 5.91 Å². The van der Waals surface area contributed by atoms with Gasteiger partial charge >= 0.3 is 6.03 Å². The van der Waals surface area contributed by atoms with Crippen LogP contribution in [-0.4, -0.2) is 35.9 Å². The summed E-state index contributed by atoms with van der Waals surface area (Å²) in [7, 11) is 0. The number of rotatable bonds is 9. The molecule has 8 heteroatoms. The molecular formula is C28H29N3O5. The Balaban J connectivity index is 1.37. The molecule has 2 N–H and O–H groups in total. The molecule has 0 bridgehead atoms. The highest BCUT2D eigenvalue weighted by Gasteiger charge is 2.51. The highest BCUT2D eigenvalue weighted by atomic mass is 16.5. The van der Waals surface area contributed by atoms with Gasteiger partial charge in [-0.15, -0.1) is 0 Å². The fourth-order valence-electron chi connectivity index (χ4n) is 4.10. The summed E-state index contributed by atoms with van der Waals surface area (Å²) < 4.78 is 11.2. The van der Waals surface area contributed by atoms with Gasteiger partial charge in [0.2, 0.25) is 5.91 Å². The maximum absolute atomic E-state index is 13.3. The summed E-state index contributed by atoms with van der Waals surface area (Å²) in [5, 5.41) is 5.53. The predicted molar refractivity (Wildman–Crippen MR) is 136 cm³/mol. The third kappa shape index (κ3) is 5.17. The number of ether oxygens (including phenoxy) is 2. The molecule has 186 valence electrons. The van der Waals surface area contributed by atoms with Gasteiger partial charge in [0.05, 0.1) is 6.61 Å². The minimum Gasteiger partial charge on any atom is -0.494 e. The molecule has 0 saturated carbocycles. The number of imide groups is 1. The monoisotopic (exact) mass is 487 g/mol. The van der Waals surface area contributed by atoms with Crippen LogP contribution in [0.15, 0.2) is 72.8 Å². The van der Waals surface area contributed by atoms with Crippen molar-refractivity contribution in [3.05, 3.63) is 83.9 Å². The zero-order chi connectivity index (χ0) is 25.7. The molecule has 8 nitrogen and oxygen atoms in total. The van der Waals surface area contributed by atoms with E-state index in [0.717, 1.165) is 16.2 Å². The molecule has 3 aromatic rings. The summed E-state index contributed by atoms with van der Waals surface area (Å²) in [6.07, 6.45) is 0.370. The van der Waals surface area contributed by atoms with Gasteiger partial charge in [-0.1, -0.05) is 36.8 Å². The fourth-order valence-corrected chi connectivity index (χ4v) is 4.10. The average molecular weight is 488 g/mol. The van der Waals surface area contributed by atoms with Gasteiger partial charge in [-0.3, -0.25) is 14.5 Å². The van der Waals surface area contributed by atoms with Gasteiger partial charge in [-0.2, -0.15) is 0 Å². The first kappa shape index (κ1) is 24.8. The second kappa shape index (κ2) is 10.5. The van der Waals surface area contributed by atoms with Crippen molar-refractivity contribution < 1.29 is 23.9 Å². The van der Waals surface area contributed by atoms with E-state index in [1.54, 1.807) is 24.3 Å². The average Bonchev–Trinajstić information content (AvgIpc) is 3.12. The van der Waals surface area contributed by atoms with Gasteiger partial charge in [0, 0.05) is 5.69 Å². The highest BCUT2D eigenvalue weighted by Crippen LogP contribution is 2.32. The van der Waals surface area contributed by atoms with Crippen LogP contribution in [-0.2, 0) is 15.1 Å². The topological polar surface area (TPSA) is 97.0 Å². The van der Waals surface area contributed by atoms with Crippen molar-refractivity contribution in [3.8, 4) is 17.2 Å². The van der Waals surface area contributed by atoms with E-state index in [-0.39, 0.29) is 6.54 Å². The Labute approximate surface area is 210 Å². The van der Waals surface area contributed by atoms with Gasteiger partial charge in [-0.05, 0) is 74.4 Å². The molecule has 0 spiro atoms. The molecule has 1 aliphatic heterocycles. The molecule has 0 aromatic heterocycles. The van der Waals surface area contributed by atoms with Crippen molar-refractivity contribution in [3.63, 3.8) is 0 Å². The van der Waals surface area contributed by atoms with E-state index in [4.69, 9.17) is 9.47 Å². The van der Waals surface area contributed by atoms with Crippen LogP contribution in [0.3, 0.4) is 0 Å². The molecule has 1 saturated heterocycles. The molecule has 3 aromatic carbocycles. The first-order chi connectivity index (χ1) is 17.3. The zero-order valence-electron chi connectivity index (χ0n) is 20.5.